The summed E-state index contributed by atoms with van der Waals surface area (Å²) >= 11 is 0. The first-order chi connectivity index (χ1) is 13.7. The minimum absolute atomic E-state index is 0.0944. The zero-order chi connectivity index (χ0) is 19.3. The lowest BCUT2D eigenvalue weighted by Gasteiger charge is -2.32. The summed E-state index contributed by atoms with van der Waals surface area (Å²) in [5.41, 5.74) is 2.02. The van der Waals surface area contributed by atoms with E-state index >= 15 is 0 Å². The van der Waals surface area contributed by atoms with Gasteiger partial charge in [-0.3, -0.25) is 4.79 Å². The van der Waals surface area contributed by atoms with E-state index in [2.05, 4.69) is 22.2 Å². The molecule has 6 nitrogen and oxygen atoms in total. The molecule has 1 aliphatic heterocycles. The number of amides is 1. The van der Waals surface area contributed by atoms with Gasteiger partial charge in [-0.2, -0.15) is 5.10 Å². The maximum absolute atomic E-state index is 13.1. The van der Waals surface area contributed by atoms with Crippen LogP contribution in [-0.2, 0) is 0 Å². The Morgan fingerprint density at radius 1 is 1.18 bits per heavy atom. The predicted molar refractivity (Wildman–Crippen MR) is 108 cm³/mol. The van der Waals surface area contributed by atoms with E-state index < -0.39 is 0 Å². The molecule has 1 N–H and O–H groups in total. The Labute approximate surface area is 165 Å². The molecule has 28 heavy (non-hydrogen) atoms. The number of para-hydroxylation sites is 1. The quantitative estimate of drug-likeness (QED) is 0.710. The summed E-state index contributed by atoms with van der Waals surface area (Å²) in [5.74, 6) is 0.555. The van der Waals surface area contributed by atoms with Crippen molar-refractivity contribution in [2.75, 3.05) is 19.6 Å². The number of piperidine rings is 1. The highest BCUT2D eigenvalue weighted by Crippen LogP contribution is 2.22. The summed E-state index contributed by atoms with van der Waals surface area (Å²) in [6.45, 7) is 5.41. The maximum atomic E-state index is 13.1. The van der Waals surface area contributed by atoms with Gasteiger partial charge in [0.2, 0.25) is 0 Å². The number of carbonyl (C=O) groups excluding carboxylic acids is 1. The molecule has 146 valence electrons. The van der Waals surface area contributed by atoms with Crippen LogP contribution in [0.2, 0.25) is 0 Å². The first-order valence-electron chi connectivity index (χ1n) is 9.97. The Morgan fingerprint density at radius 3 is 2.64 bits per heavy atom. The molecule has 1 aromatic carbocycles. The van der Waals surface area contributed by atoms with Gasteiger partial charge in [-0.15, -0.1) is 0 Å². The Morgan fingerprint density at radius 2 is 1.96 bits per heavy atom. The molecule has 3 aromatic rings. The minimum Gasteiger partial charge on any atom is -0.463 e. The summed E-state index contributed by atoms with van der Waals surface area (Å²) in [4.78, 5) is 15.5. The van der Waals surface area contributed by atoms with E-state index in [1.807, 2.05) is 42.5 Å². The molecule has 0 aliphatic carbocycles. The lowest BCUT2D eigenvalue weighted by molar-refractivity contribution is 0.0903. The molecule has 0 saturated carbocycles. The molecule has 1 fully saturated rings. The lowest BCUT2D eigenvalue weighted by Crippen LogP contribution is -2.45. The van der Waals surface area contributed by atoms with Crippen LogP contribution in [0.1, 0.15) is 36.7 Å². The highest BCUT2D eigenvalue weighted by atomic mass is 16.3. The summed E-state index contributed by atoms with van der Waals surface area (Å²) in [7, 11) is 0. The standard InChI is InChI=1S/C22H26N4O2/c1-2-12-25-13-10-17(11-14-25)23-22(27)20-16-19(21-9-6-15-28-21)24-26(20)18-7-4-3-5-8-18/h3-9,15-17H,2,10-14H2,1H3,(H,23,27). The van der Waals surface area contributed by atoms with Gasteiger partial charge in [0.05, 0.1) is 12.0 Å². The number of rotatable bonds is 6. The molecule has 0 spiro atoms. The molecule has 0 bridgehead atoms. The van der Waals surface area contributed by atoms with Crippen LogP contribution in [0.5, 0.6) is 0 Å². The molecule has 1 amide bonds. The van der Waals surface area contributed by atoms with Gasteiger partial charge in [-0.25, -0.2) is 4.68 Å². The van der Waals surface area contributed by atoms with E-state index in [0.717, 1.165) is 38.2 Å². The fourth-order valence-electron chi connectivity index (χ4n) is 3.73. The number of likely N-dealkylation sites (tertiary alicyclic amines) is 1. The normalized spacial score (nSPS) is 15.6. The van der Waals surface area contributed by atoms with Crippen molar-refractivity contribution in [2.24, 2.45) is 0 Å². The molecule has 0 unspecified atom stereocenters. The lowest BCUT2D eigenvalue weighted by atomic mass is 10.0. The van der Waals surface area contributed by atoms with Gasteiger partial charge in [-0.1, -0.05) is 25.1 Å². The third kappa shape index (κ3) is 4.02. The molecule has 1 saturated heterocycles. The SMILES string of the molecule is CCCN1CCC(NC(=O)c2cc(-c3ccco3)nn2-c2ccccc2)CC1. The van der Waals surface area contributed by atoms with Gasteiger partial charge in [-0.05, 0) is 50.1 Å². The number of benzene rings is 1. The summed E-state index contributed by atoms with van der Waals surface area (Å²) in [5, 5.41) is 7.84. The van der Waals surface area contributed by atoms with Crippen LogP contribution in [-0.4, -0.2) is 46.3 Å². The smallest absolute Gasteiger partial charge is 0.270 e. The van der Waals surface area contributed by atoms with Crippen LogP contribution >= 0.6 is 0 Å². The zero-order valence-electron chi connectivity index (χ0n) is 16.2. The second-order valence-electron chi connectivity index (χ2n) is 7.23. The van der Waals surface area contributed by atoms with Crippen molar-refractivity contribution in [2.45, 2.75) is 32.2 Å². The molecular formula is C22H26N4O2. The van der Waals surface area contributed by atoms with Crippen LogP contribution < -0.4 is 5.32 Å². The molecule has 3 heterocycles. The van der Waals surface area contributed by atoms with E-state index in [-0.39, 0.29) is 11.9 Å². The summed E-state index contributed by atoms with van der Waals surface area (Å²) in [6, 6.07) is 15.4. The van der Waals surface area contributed by atoms with Crippen molar-refractivity contribution in [3.63, 3.8) is 0 Å². The van der Waals surface area contributed by atoms with Crippen LogP contribution in [0.3, 0.4) is 0 Å². The van der Waals surface area contributed by atoms with Crippen molar-refractivity contribution < 1.29 is 9.21 Å². The average molecular weight is 378 g/mol. The van der Waals surface area contributed by atoms with Crippen LogP contribution in [0.15, 0.2) is 59.2 Å². The van der Waals surface area contributed by atoms with Crippen molar-refractivity contribution in [3.8, 4) is 17.1 Å². The predicted octanol–water partition coefficient (Wildman–Crippen LogP) is 3.74. The first-order valence-corrected chi connectivity index (χ1v) is 9.97. The van der Waals surface area contributed by atoms with Crippen molar-refractivity contribution in [3.05, 3.63) is 60.5 Å². The zero-order valence-corrected chi connectivity index (χ0v) is 16.2. The fraction of sp³-hybridized carbons (Fsp3) is 0.364. The van der Waals surface area contributed by atoms with Gasteiger partial charge in [0.1, 0.15) is 11.4 Å². The topological polar surface area (TPSA) is 63.3 Å². The van der Waals surface area contributed by atoms with E-state index in [1.54, 1.807) is 17.0 Å². The van der Waals surface area contributed by atoms with E-state index in [0.29, 0.717) is 17.1 Å². The number of aromatic nitrogens is 2. The van der Waals surface area contributed by atoms with E-state index in [1.165, 1.54) is 6.42 Å². The van der Waals surface area contributed by atoms with E-state index in [4.69, 9.17) is 4.42 Å². The Balaban J connectivity index is 1.55. The van der Waals surface area contributed by atoms with E-state index in [9.17, 15) is 4.79 Å². The number of carbonyl (C=O) groups is 1. The fourth-order valence-corrected chi connectivity index (χ4v) is 3.73. The van der Waals surface area contributed by atoms with Gasteiger partial charge in [0, 0.05) is 25.2 Å². The summed E-state index contributed by atoms with van der Waals surface area (Å²) in [6.07, 6.45) is 4.75. The number of furan rings is 1. The molecular weight excluding hydrogens is 352 g/mol. The number of hydrogen-bond donors (Lipinski definition) is 1. The Kier molecular flexibility index (Phi) is 5.58. The largest absolute Gasteiger partial charge is 0.463 e. The molecule has 0 radical (unpaired) electrons. The highest BCUT2D eigenvalue weighted by molar-refractivity contribution is 5.94. The number of hydrogen-bond acceptors (Lipinski definition) is 4. The number of nitrogens with zero attached hydrogens (tertiary/aromatic N) is 3. The van der Waals surface area contributed by atoms with Crippen molar-refractivity contribution in [1.82, 2.24) is 20.0 Å². The highest BCUT2D eigenvalue weighted by Gasteiger charge is 2.24. The molecule has 4 rings (SSSR count). The molecule has 0 atom stereocenters. The second-order valence-corrected chi connectivity index (χ2v) is 7.23. The summed E-state index contributed by atoms with van der Waals surface area (Å²) < 4.78 is 7.17. The van der Waals surface area contributed by atoms with Crippen molar-refractivity contribution >= 4 is 5.91 Å². The minimum atomic E-state index is -0.0944. The molecule has 6 heteroatoms. The van der Waals surface area contributed by atoms with Gasteiger partial charge in [0.15, 0.2) is 5.76 Å². The Hall–Kier alpha value is -2.86. The third-order valence-electron chi connectivity index (χ3n) is 5.18. The average Bonchev–Trinajstić information content (AvgIpc) is 3.40. The van der Waals surface area contributed by atoms with Crippen LogP contribution in [0.25, 0.3) is 17.1 Å². The van der Waals surface area contributed by atoms with Crippen LogP contribution in [0, 0.1) is 0 Å². The third-order valence-corrected chi connectivity index (χ3v) is 5.18. The number of nitrogens with one attached hydrogen (secondary N) is 1. The molecule has 1 aliphatic rings. The van der Waals surface area contributed by atoms with Gasteiger partial charge in [0.25, 0.3) is 5.91 Å². The maximum Gasteiger partial charge on any atom is 0.270 e. The van der Waals surface area contributed by atoms with Crippen LogP contribution in [0.4, 0.5) is 0 Å². The van der Waals surface area contributed by atoms with Gasteiger partial charge >= 0.3 is 0 Å². The monoisotopic (exact) mass is 378 g/mol. The van der Waals surface area contributed by atoms with Crippen molar-refractivity contribution in [1.29, 1.82) is 0 Å². The Bertz CT molecular complexity index is 894. The first kappa shape index (κ1) is 18.5. The van der Waals surface area contributed by atoms with Gasteiger partial charge < -0.3 is 14.6 Å². The molecule has 2 aromatic heterocycles. The second kappa shape index (κ2) is 8.44.